The number of carbonyl (C=O) groups excluding carboxylic acids is 1. The van der Waals surface area contributed by atoms with Crippen LogP contribution in [-0.2, 0) is 16.1 Å². The van der Waals surface area contributed by atoms with Crippen LogP contribution in [0.25, 0.3) is 6.08 Å². The number of hydrogen-bond acceptors (Lipinski definition) is 4. The van der Waals surface area contributed by atoms with Gasteiger partial charge >= 0.3 is 5.97 Å². The number of aromatic nitrogens is 2. The van der Waals surface area contributed by atoms with Crippen LogP contribution in [0.2, 0.25) is 0 Å². The lowest BCUT2D eigenvalue weighted by molar-refractivity contribution is -0.138. The fourth-order valence-electron chi connectivity index (χ4n) is 1.88. The van der Waals surface area contributed by atoms with E-state index in [2.05, 4.69) is 5.10 Å². The van der Waals surface area contributed by atoms with Gasteiger partial charge in [-0.15, -0.1) is 0 Å². The Morgan fingerprint density at radius 1 is 1.40 bits per heavy atom. The van der Waals surface area contributed by atoms with Crippen molar-refractivity contribution in [2.24, 2.45) is 0 Å². The van der Waals surface area contributed by atoms with Crippen LogP contribution < -0.4 is 0 Å². The SMILES string of the molecule is Cc1cc(C)n(CCOC(=O)C=Cc2ccc(C)o2)n1. The van der Waals surface area contributed by atoms with Crippen LogP contribution in [0.5, 0.6) is 0 Å². The first-order chi connectivity index (χ1) is 9.54. The van der Waals surface area contributed by atoms with E-state index in [9.17, 15) is 4.79 Å². The summed E-state index contributed by atoms with van der Waals surface area (Å²) in [6.45, 7) is 6.61. The number of nitrogens with zero attached hydrogens (tertiary/aromatic N) is 2. The fourth-order valence-corrected chi connectivity index (χ4v) is 1.88. The summed E-state index contributed by atoms with van der Waals surface area (Å²) < 4.78 is 12.2. The Balaban J connectivity index is 1.78. The largest absolute Gasteiger partial charge is 0.462 e. The number of aryl methyl sites for hydroxylation is 3. The summed E-state index contributed by atoms with van der Waals surface area (Å²) in [6.07, 6.45) is 2.96. The van der Waals surface area contributed by atoms with Gasteiger partial charge in [0, 0.05) is 11.8 Å². The second kappa shape index (κ2) is 6.23. The van der Waals surface area contributed by atoms with Crippen molar-refractivity contribution in [3.8, 4) is 0 Å². The zero-order chi connectivity index (χ0) is 14.5. The highest BCUT2D eigenvalue weighted by atomic mass is 16.5. The van der Waals surface area contributed by atoms with Gasteiger partial charge in [-0.1, -0.05) is 0 Å². The molecule has 0 aliphatic heterocycles. The van der Waals surface area contributed by atoms with Crippen molar-refractivity contribution < 1.29 is 13.9 Å². The van der Waals surface area contributed by atoms with Crippen molar-refractivity contribution in [1.82, 2.24) is 9.78 Å². The maximum atomic E-state index is 11.5. The summed E-state index contributed by atoms with van der Waals surface area (Å²) in [5.41, 5.74) is 2.02. The Bertz CT molecular complexity index is 623. The Labute approximate surface area is 117 Å². The van der Waals surface area contributed by atoms with Gasteiger partial charge in [-0.2, -0.15) is 5.10 Å². The molecule has 106 valence electrons. The summed E-state index contributed by atoms with van der Waals surface area (Å²) in [7, 11) is 0. The van der Waals surface area contributed by atoms with Crippen LogP contribution in [0, 0.1) is 20.8 Å². The average Bonchev–Trinajstić information content (AvgIpc) is 2.93. The van der Waals surface area contributed by atoms with Crippen molar-refractivity contribution >= 4 is 12.0 Å². The lowest BCUT2D eigenvalue weighted by Gasteiger charge is -2.04. The quantitative estimate of drug-likeness (QED) is 0.621. The molecule has 0 saturated carbocycles. The maximum Gasteiger partial charge on any atom is 0.330 e. The second-order valence-corrected chi connectivity index (χ2v) is 4.60. The molecule has 2 rings (SSSR count). The lowest BCUT2D eigenvalue weighted by atomic mass is 10.4. The van der Waals surface area contributed by atoms with E-state index in [1.807, 2.05) is 37.6 Å². The zero-order valence-corrected chi connectivity index (χ0v) is 11.9. The molecule has 0 aliphatic rings. The molecule has 0 saturated heterocycles. The van der Waals surface area contributed by atoms with E-state index in [1.165, 1.54) is 6.08 Å². The van der Waals surface area contributed by atoms with E-state index in [-0.39, 0.29) is 5.97 Å². The van der Waals surface area contributed by atoms with Gasteiger partial charge < -0.3 is 9.15 Å². The van der Waals surface area contributed by atoms with Gasteiger partial charge in [0.2, 0.25) is 0 Å². The molecule has 0 bridgehead atoms. The molecule has 0 N–H and O–H groups in total. The first-order valence-electron chi connectivity index (χ1n) is 6.47. The van der Waals surface area contributed by atoms with Gasteiger partial charge in [-0.3, -0.25) is 4.68 Å². The minimum atomic E-state index is -0.388. The summed E-state index contributed by atoms with van der Waals surface area (Å²) in [5.74, 6) is 1.06. The molecule has 0 unspecified atom stereocenters. The van der Waals surface area contributed by atoms with Crippen LogP contribution in [0.3, 0.4) is 0 Å². The third-order valence-corrected chi connectivity index (χ3v) is 2.80. The molecule has 5 nitrogen and oxygen atoms in total. The van der Waals surface area contributed by atoms with Crippen molar-refractivity contribution in [2.75, 3.05) is 6.61 Å². The molecular weight excluding hydrogens is 256 g/mol. The van der Waals surface area contributed by atoms with Gasteiger partial charge in [0.25, 0.3) is 0 Å². The molecular formula is C15H18N2O3. The Morgan fingerprint density at radius 2 is 2.20 bits per heavy atom. The maximum absolute atomic E-state index is 11.5. The Kier molecular flexibility index (Phi) is 4.40. The van der Waals surface area contributed by atoms with Crippen molar-refractivity contribution in [2.45, 2.75) is 27.3 Å². The highest BCUT2D eigenvalue weighted by Crippen LogP contribution is 2.08. The lowest BCUT2D eigenvalue weighted by Crippen LogP contribution is -2.11. The van der Waals surface area contributed by atoms with Crippen molar-refractivity contribution in [1.29, 1.82) is 0 Å². The molecule has 0 aliphatic carbocycles. The number of esters is 1. The molecule has 2 aromatic rings. The van der Waals surface area contributed by atoms with Gasteiger partial charge in [-0.05, 0) is 45.0 Å². The van der Waals surface area contributed by atoms with Gasteiger partial charge in [0.15, 0.2) is 0 Å². The van der Waals surface area contributed by atoms with Crippen LogP contribution in [-0.4, -0.2) is 22.4 Å². The minimum Gasteiger partial charge on any atom is -0.462 e. The normalized spacial score (nSPS) is 11.2. The zero-order valence-electron chi connectivity index (χ0n) is 11.9. The molecule has 2 aromatic heterocycles. The predicted octanol–water partition coefficient (Wildman–Crippen LogP) is 2.66. The van der Waals surface area contributed by atoms with E-state index in [4.69, 9.17) is 9.15 Å². The molecule has 2 heterocycles. The summed E-state index contributed by atoms with van der Waals surface area (Å²) in [5, 5.41) is 4.30. The van der Waals surface area contributed by atoms with E-state index in [1.54, 1.807) is 12.1 Å². The van der Waals surface area contributed by atoms with Crippen LogP contribution >= 0.6 is 0 Å². The first kappa shape index (κ1) is 14.1. The van der Waals surface area contributed by atoms with Gasteiger partial charge in [0.05, 0.1) is 12.2 Å². The number of carbonyl (C=O) groups is 1. The van der Waals surface area contributed by atoms with E-state index >= 15 is 0 Å². The smallest absolute Gasteiger partial charge is 0.330 e. The van der Waals surface area contributed by atoms with Gasteiger partial charge in [0.1, 0.15) is 18.1 Å². The average molecular weight is 274 g/mol. The monoisotopic (exact) mass is 274 g/mol. The summed E-state index contributed by atoms with van der Waals surface area (Å²) in [4.78, 5) is 11.5. The standard InChI is InChI=1S/C15H18N2O3/c1-11-10-12(2)17(16-11)8-9-19-15(18)7-6-14-5-4-13(3)20-14/h4-7,10H,8-9H2,1-3H3. The van der Waals surface area contributed by atoms with Crippen LogP contribution in [0.1, 0.15) is 22.9 Å². The van der Waals surface area contributed by atoms with Gasteiger partial charge in [-0.25, -0.2) is 4.79 Å². The third-order valence-electron chi connectivity index (χ3n) is 2.80. The third kappa shape index (κ3) is 3.85. The molecule has 0 fully saturated rings. The highest BCUT2D eigenvalue weighted by molar-refractivity contribution is 5.86. The summed E-state index contributed by atoms with van der Waals surface area (Å²) >= 11 is 0. The summed E-state index contributed by atoms with van der Waals surface area (Å²) in [6, 6.07) is 5.63. The molecule has 0 spiro atoms. The molecule has 0 amide bonds. The molecule has 0 radical (unpaired) electrons. The predicted molar refractivity (Wildman–Crippen MR) is 75.1 cm³/mol. The fraction of sp³-hybridized carbons (Fsp3) is 0.333. The Morgan fingerprint density at radius 3 is 2.80 bits per heavy atom. The topological polar surface area (TPSA) is 57.3 Å². The number of ether oxygens (including phenoxy) is 1. The van der Waals surface area contributed by atoms with E-state index < -0.39 is 0 Å². The number of rotatable bonds is 5. The van der Waals surface area contributed by atoms with Crippen molar-refractivity contribution in [3.05, 3.63) is 47.2 Å². The second-order valence-electron chi connectivity index (χ2n) is 4.60. The molecule has 20 heavy (non-hydrogen) atoms. The molecule has 0 atom stereocenters. The highest BCUT2D eigenvalue weighted by Gasteiger charge is 2.02. The first-order valence-corrected chi connectivity index (χ1v) is 6.47. The van der Waals surface area contributed by atoms with Crippen LogP contribution in [0.15, 0.2) is 28.7 Å². The molecule has 0 aromatic carbocycles. The van der Waals surface area contributed by atoms with E-state index in [0.717, 1.165) is 17.1 Å². The van der Waals surface area contributed by atoms with Crippen LogP contribution in [0.4, 0.5) is 0 Å². The Hall–Kier alpha value is -2.30. The number of hydrogen-bond donors (Lipinski definition) is 0. The van der Waals surface area contributed by atoms with E-state index in [0.29, 0.717) is 18.9 Å². The number of furan rings is 1. The minimum absolute atomic E-state index is 0.294. The molecule has 5 heteroatoms. The van der Waals surface area contributed by atoms with Crippen molar-refractivity contribution in [3.63, 3.8) is 0 Å².